The van der Waals surface area contributed by atoms with E-state index in [1.54, 1.807) is 0 Å². The molecule has 6 nitrogen and oxygen atoms in total. The molecule has 0 spiro atoms. The van der Waals surface area contributed by atoms with Gasteiger partial charge in [-0.05, 0) is 30.5 Å². The second-order valence-electron chi connectivity index (χ2n) is 7.68. The molecule has 142 valence electrons. The van der Waals surface area contributed by atoms with Crippen LogP contribution in [0.2, 0.25) is 0 Å². The second-order valence-corrected chi connectivity index (χ2v) is 7.68. The number of hydrogen-bond acceptors (Lipinski definition) is 5. The first kappa shape index (κ1) is 17.2. The Hall–Kier alpha value is -2.91. The van der Waals surface area contributed by atoms with Crippen molar-refractivity contribution >= 4 is 17.4 Å². The van der Waals surface area contributed by atoms with Crippen molar-refractivity contribution in [2.75, 3.05) is 36.0 Å². The molecule has 0 bridgehead atoms. The molecule has 1 aromatic heterocycles. The molecular formula is C22H22N4O2. The van der Waals surface area contributed by atoms with Crippen LogP contribution in [0, 0.1) is 17.2 Å². The average molecular weight is 374 g/mol. The minimum Gasteiger partial charge on any atom is -0.376 e. The quantitative estimate of drug-likeness (QED) is 0.808. The molecule has 5 rings (SSSR count). The van der Waals surface area contributed by atoms with Gasteiger partial charge in [0.25, 0.3) is 0 Å². The van der Waals surface area contributed by atoms with Gasteiger partial charge in [0.1, 0.15) is 11.9 Å². The van der Waals surface area contributed by atoms with Gasteiger partial charge in [-0.15, -0.1) is 0 Å². The van der Waals surface area contributed by atoms with Crippen molar-refractivity contribution in [3.05, 3.63) is 52.7 Å². The summed E-state index contributed by atoms with van der Waals surface area (Å²) in [7, 11) is 0. The largest absolute Gasteiger partial charge is 0.376 e. The number of carbonyl (C=O) groups excluding carboxylic acids is 1. The van der Waals surface area contributed by atoms with Gasteiger partial charge in [0.05, 0.1) is 30.4 Å². The average Bonchev–Trinajstić information content (AvgIpc) is 3.40. The molecule has 1 fully saturated rings. The smallest absolute Gasteiger partial charge is 0.231 e. The molecule has 0 radical (unpaired) electrons. The van der Waals surface area contributed by atoms with Crippen molar-refractivity contribution in [3.8, 4) is 6.07 Å². The van der Waals surface area contributed by atoms with E-state index in [0.29, 0.717) is 25.3 Å². The standard InChI is InChI=1S/C22H22N4O2/c23-12-17-11-18-14-28-10-7-19(18)24-21(17)25-8-5-16(13-25)22(27)26-9-6-15-3-1-2-4-20(15)26/h1-4,11,16H,5-10,13-14H2. The number of para-hydroxylation sites is 1. The van der Waals surface area contributed by atoms with Crippen LogP contribution in [-0.4, -0.2) is 37.1 Å². The maximum Gasteiger partial charge on any atom is 0.231 e. The Kier molecular flexibility index (Phi) is 4.25. The molecule has 4 heterocycles. The topological polar surface area (TPSA) is 69.5 Å². The predicted octanol–water partition coefficient (Wildman–Crippen LogP) is 2.44. The number of amides is 1. The highest BCUT2D eigenvalue weighted by Gasteiger charge is 2.35. The van der Waals surface area contributed by atoms with Crippen molar-refractivity contribution in [3.63, 3.8) is 0 Å². The summed E-state index contributed by atoms with van der Waals surface area (Å²) in [5.74, 6) is 0.858. The van der Waals surface area contributed by atoms with Crippen LogP contribution >= 0.6 is 0 Å². The zero-order chi connectivity index (χ0) is 19.1. The third kappa shape index (κ3) is 2.83. The fourth-order valence-corrected chi connectivity index (χ4v) is 4.54. The van der Waals surface area contributed by atoms with Crippen molar-refractivity contribution in [2.45, 2.75) is 25.9 Å². The lowest BCUT2D eigenvalue weighted by Crippen LogP contribution is -2.36. The maximum absolute atomic E-state index is 13.2. The molecule has 1 saturated heterocycles. The minimum atomic E-state index is -0.0566. The van der Waals surface area contributed by atoms with Crippen LogP contribution in [0.15, 0.2) is 30.3 Å². The molecule has 1 atom stereocenters. The molecule has 0 saturated carbocycles. The first-order chi connectivity index (χ1) is 13.7. The first-order valence-corrected chi connectivity index (χ1v) is 9.89. The van der Waals surface area contributed by atoms with Crippen LogP contribution in [0.25, 0.3) is 0 Å². The number of nitriles is 1. The summed E-state index contributed by atoms with van der Waals surface area (Å²) in [4.78, 5) is 22.0. The van der Waals surface area contributed by atoms with E-state index in [4.69, 9.17) is 9.72 Å². The lowest BCUT2D eigenvalue weighted by Gasteiger charge is -2.24. The number of hydrogen-bond donors (Lipinski definition) is 0. The summed E-state index contributed by atoms with van der Waals surface area (Å²) in [6.07, 6.45) is 2.49. The van der Waals surface area contributed by atoms with E-state index in [1.807, 2.05) is 29.2 Å². The van der Waals surface area contributed by atoms with E-state index < -0.39 is 0 Å². The summed E-state index contributed by atoms with van der Waals surface area (Å²) < 4.78 is 5.48. The van der Waals surface area contributed by atoms with Crippen molar-refractivity contribution in [1.82, 2.24) is 4.98 Å². The Morgan fingerprint density at radius 1 is 1.21 bits per heavy atom. The molecule has 6 heteroatoms. The zero-order valence-corrected chi connectivity index (χ0v) is 15.7. The number of carbonyl (C=O) groups is 1. The van der Waals surface area contributed by atoms with Crippen molar-refractivity contribution < 1.29 is 9.53 Å². The Labute approximate surface area is 164 Å². The highest BCUT2D eigenvalue weighted by atomic mass is 16.5. The number of rotatable bonds is 2. The molecule has 3 aliphatic rings. The Morgan fingerprint density at radius 2 is 2.11 bits per heavy atom. The van der Waals surface area contributed by atoms with Crippen LogP contribution in [-0.2, 0) is 29.0 Å². The Balaban J connectivity index is 1.37. The minimum absolute atomic E-state index is 0.0566. The second kappa shape index (κ2) is 6.92. The number of anilines is 2. The number of aromatic nitrogens is 1. The molecule has 1 aromatic carbocycles. The number of benzene rings is 1. The fraction of sp³-hybridized carbons (Fsp3) is 0.409. The number of nitrogens with zero attached hydrogens (tertiary/aromatic N) is 4. The summed E-state index contributed by atoms with van der Waals surface area (Å²) >= 11 is 0. The van der Waals surface area contributed by atoms with Gasteiger partial charge in [0.15, 0.2) is 0 Å². The highest BCUT2D eigenvalue weighted by Crippen LogP contribution is 2.33. The summed E-state index contributed by atoms with van der Waals surface area (Å²) in [6.45, 7) is 3.32. The van der Waals surface area contributed by atoms with Gasteiger partial charge in [0, 0.05) is 37.3 Å². The van der Waals surface area contributed by atoms with E-state index in [1.165, 1.54) is 5.56 Å². The molecule has 0 N–H and O–H groups in total. The third-order valence-electron chi connectivity index (χ3n) is 6.02. The molecular weight excluding hydrogens is 352 g/mol. The normalized spacial score (nSPS) is 20.6. The fourth-order valence-electron chi connectivity index (χ4n) is 4.54. The lowest BCUT2D eigenvalue weighted by atomic mass is 10.1. The maximum atomic E-state index is 13.2. The van der Waals surface area contributed by atoms with Crippen molar-refractivity contribution in [2.24, 2.45) is 5.92 Å². The van der Waals surface area contributed by atoms with Gasteiger partial charge >= 0.3 is 0 Å². The van der Waals surface area contributed by atoms with Gasteiger partial charge in [-0.1, -0.05) is 18.2 Å². The molecule has 0 aliphatic carbocycles. The van der Waals surface area contributed by atoms with E-state index >= 15 is 0 Å². The van der Waals surface area contributed by atoms with Gasteiger partial charge in [-0.2, -0.15) is 5.26 Å². The summed E-state index contributed by atoms with van der Waals surface area (Å²) in [5.41, 5.74) is 4.89. The van der Waals surface area contributed by atoms with Crippen LogP contribution in [0.4, 0.5) is 11.5 Å². The number of pyridine rings is 1. The van der Waals surface area contributed by atoms with Gasteiger partial charge < -0.3 is 14.5 Å². The zero-order valence-electron chi connectivity index (χ0n) is 15.7. The van der Waals surface area contributed by atoms with Gasteiger partial charge in [-0.3, -0.25) is 4.79 Å². The molecule has 28 heavy (non-hydrogen) atoms. The van der Waals surface area contributed by atoms with E-state index in [-0.39, 0.29) is 11.8 Å². The highest BCUT2D eigenvalue weighted by molar-refractivity contribution is 5.97. The predicted molar refractivity (Wildman–Crippen MR) is 105 cm³/mol. The third-order valence-corrected chi connectivity index (χ3v) is 6.02. The van der Waals surface area contributed by atoms with E-state index in [9.17, 15) is 10.1 Å². The number of ether oxygens (including phenoxy) is 1. The van der Waals surface area contributed by atoms with E-state index in [2.05, 4.69) is 17.0 Å². The first-order valence-electron chi connectivity index (χ1n) is 9.89. The molecule has 1 amide bonds. The van der Waals surface area contributed by atoms with Crippen LogP contribution in [0.3, 0.4) is 0 Å². The van der Waals surface area contributed by atoms with Crippen LogP contribution in [0.1, 0.15) is 28.8 Å². The Morgan fingerprint density at radius 3 is 3.00 bits per heavy atom. The van der Waals surface area contributed by atoms with E-state index in [0.717, 1.165) is 55.1 Å². The number of fused-ring (bicyclic) bond motifs is 2. The van der Waals surface area contributed by atoms with Gasteiger partial charge in [0.2, 0.25) is 5.91 Å². The summed E-state index contributed by atoms with van der Waals surface area (Å²) in [6, 6.07) is 12.3. The van der Waals surface area contributed by atoms with Gasteiger partial charge in [-0.25, -0.2) is 4.98 Å². The Bertz CT molecular complexity index is 981. The molecule has 1 unspecified atom stereocenters. The van der Waals surface area contributed by atoms with Crippen LogP contribution in [0.5, 0.6) is 0 Å². The SMILES string of the molecule is N#Cc1cc2c(nc1N1CCC(C(=O)N3CCc4ccccc43)C1)CCOC2. The molecule has 3 aliphatic heterocycles. The molecule has 2 aromatic rings. The summed E-state index contributed by atoms with van der Waals surface area (Å²) in [5, 5.41) is 9.60. The lowest BCUT2D eigenvalue weighted by molar-refractivity contribution is -0.121. The monoisotopic (exact) mass is 374 g/mol. The van der Waals surface area contributed by atoms with Crippen LogP contribution < -0.4 is 9.80 Å². The van der Waals surface area contributed by atoms with Crippen molar-refractivity contribution in [1.29, 1.82) is 5.26 Å².